The molecule has 106 valence electrons. The largest absolute Gasteiger partial charge is 0.327 e. The fourth-order valence-corrected chi connectivity index (χ4v) is 2.94. The van der Waals surface area contributed by atoms with E-state index in [2.05, 4.69) is 87.6 Å². The zero-order valence-electron chi connectivity index (χ0n) is 12.0. The van der Waals surface area contributed by atoms with Crippen LogP contribution in [0, 0.1) is 3.57 Å². The monoisotopic (exact) mass is 388 g/mol. The van der Waals surface area contributed by atoms with Crippen LogP contribution in [-0.4, -0.2) is 9.55 Å². The van der Waals surface area contributed by atoms with Crippen molar-refractivity contribution in [3.8, 4) is 11.4 Å². The fraction of sp³-hybridized carbons (Fsp3) is 0.167. The Hall–Kier alpha value is -1.62. The lowest BCUT2D eigenvalue weighted by molar-refractivity contribution is 0.806. The third kappa shape index (κ3) is 3.35. The number of halogens is 1. The SMILES string of the molecule is CCc1ccc(Cn2ccnc2-c2cccc(I)c2)cc1. The molecule has 0 amide bonds. The molecule has 1 aromatic heterocycles. The van der Waals surface area contributed by atoms with Crippen molar-refractivity contribution >= 4 is 22.6 Å². The molecule has 2 aromatic carbocycles. The van der Waals surface area contributed by atoms with Crippen molar-refractivity contribution in [2.75, 3.05) is 0 Å². The van der Waals surface area contributed by atoms with Gasteiger partial charge in [0.25, 0.3) is 0 Å². The molecule has 3 aromatic rings. The molecule has 0 bridgehead atoms. The van der Waals surface area contributed by atoms with Crippen molar-refractivity contribution in [3.05, 3.63) is 75.6 Å². The van der Waals surface area contributed by atoms with E-state index >= 15 is 0 Å². The highest BCUT2D eigenvalue weighted by atomic mass is 127. The second-order valence-electron chi connectivity index (χ2n) is 5.06. The van der Waals surface area contributed by atoms with Crippen molar-refractivity contribution < 1.29 is 0 Å². The van der Waals surface area contributed by atoms with Gasteiger partial charge in [0.05, 0.1) is 0 Å². The van der Waals surface area contributed by atoms with E-state index < -0.39 is 0 Å². The van der Waals surface area contributed by atoms with Gasteiger partial charge in [-0.3, -0.25) is 0 Å². The maximum absolute atomic E-state index is 4.52. The fourth-order valence-electron chi connectivity index (χ4n) is 2.40. The van der Waals surface area contributed by atoms with Crippen molar-refractivity contribution in [2.24, 2.45) is 0 Å². The van der Waals surface area contributed by atoms with Gasteiger partial charge < -0.3 is 4.57 Å². The summed E-state index contributed by atoms with van der Waals surface area (Å²) in [6.45, 7) is 3.03. The van der Waals surface area contributed by atoms with Crippen LogP contribution in [0.15, 0.2) is 60.9 Å². The summed E-state index contributed by atoms with van der Waals surface area (Å²) >= 11 is 2.34. The van der Waals surface area contributed by atoms with Gasteiger partial charge in [-0.05, 0) is 52.3 Å². The second-order valence-corrected chi connectivity index (χ2v) is 6.30. The summed E-state index contributed by atoms with van der Waals surface area (Å²) in [7, 11) is 0. The Morgan fingerprint density at radius 1 is 1.05 bits per heavy atom. The minimum absolute atomic E-state index is 0.852. The lowest BCUT2D eigenvalue weighted by Gasteiger charge is -2.09. The lowest BCUT2D eigenvalue weighted by Crippen LogP contribution is -2.01. The zero-order chi connectivity index (χ0) is 14.7. The number of nitrogens with zero attached hydrogens (tertiary/aromatic N) is 2. The van der Waals surface area contributed by atoms with Crippen molar-refractivity contribution in [1.82, 2.24) is 9.55 Å². The average molecular weight is 388 g/mol. The highest BCUT2D eigenvalue weighted by Gasteiger charge is 2.06. The molecule has 0 spiro atoms. The number of aromatic nitrogens is 2. The summed E-state index contributed by atoms with van der Waals surface area (Å²) in [6, 6.07) is 17.3. The normalized spacial score (nSPS) is 10.8. The summed E-state index contributed by atoms with van der Waals surface area (Å²) in [6.07, 6.45) is 5.00. The van der Waals surface area contributed by atoms with Gasteiger partial charge in [-0.1, -0.05) is 43.3 Å². The van der Waals surface area contributed by atoms with Crippen LogP contribution in [0.2, 0.25) is 0 Å². The van der Waals surface area contributed by atoms with Gasteiger partial charge in [0.15, 0.2) is 0 Å². The van der Waals surface area contributed by atoms with Crippen LogP contribution in [0.25, 0.3) is 11.4 Å². The molecular weight excluding hydrogens is 371 g/mol. The molecule has 0 radical (unpaired) electrons. The van der Waals surface area contributed by atoms with Gasteiger partial charge in [0.1, 0.15) is 5.82 Å². The molecule has 21 heavy (non-hydrogen) atoms. The minimum Gasteiger partial charge on any atom is -0.327 e. The van der Waals surface area contributed by atoms with Crippen LogP contribution < -0.4 is 0 Å². The smallest absolute Gasteiger partial charge is 0.140 e. The molecule has 0 N–H and O–H groups in total. The van der Waals surface area contributed by atoms with E-state index in [1.54, 1.807) is 0 Å². The Morgan fingerprint density at radius 3 is 2.52 bits per heavy atom. The van der Waals surface area contributed by atoms with E-state index in [9.17, 15) is 0 Å². The molecule has 0 aliphatic heterocycles. The summed E-state index contributed by atoms with van der Waals surface area (Å²) in [5.74, 6) is 1.02. The number of aryl methyl sites for hydroxylation is 1. The number of rotatable bonds is 4. The first-order chi connectivity index (χ1) is 10.3. The van der Waals surface area contributed by atoms with E-state index in [0.29, 0.717) is 0 Å². The van der Waals surface area contributed by atoms with Gasteiger partial charge in [0.2, 0.25) is 0 Å². The van der Waals surface area contributed by atoms with Gasteiger partial charge in [0, 0.05) is 28.1 Å². The molecule has 2 nitrogen and oxygen atoms in total. The first-order valence-corrected chi connectivity index (χ1v) is 8.19. The average Bonchev–Trinajstić information content (AvgIpc) is 2.96. The molecule has 3 heteroatoms. The zero-order valence-corrected chi connectivity index (χ0v) is 14.1. The molecule has 0 aliphatic carbocycles. The molecule has 0 fully saturated rings. The van der Waals surface area contributed by atoms with E-state index in [-0.39, 0.29) is 0 Å². The summed E-state index contributed by atoms with van der Waals surface area (Å²) in [5.41, 5.74) is 3.84. The third-order valence-corrected chi connectivity index (χ3v) is 4.25. The topological polar surface area (TPSA) is 17.8 Å². The highest BCUT2D eigenvalue weighted by molar-refractivity contribution is 14.1. The molecule has 3 rings (SSSR count). The standard InChI is InChI=1S/C18H17IN2/c1-2-14-6-8-15(9-7-14)13-21-11-10-20-18(21)16-4-3-5-17(19)12-16/h3-12H,2,13H2,1H3. The Bertz CT molecular complexity index is 729. The predicted molar refractivity (Wildman–Crippen MR) is 95.3 cm³/mol. The number of hydrogen-bond acceptors (Lipinski definition) is 1. The molecule has 0 atom stereocenters. The highest BCUT2D eigenvalue weighted by Crippen LogP contribution is 2.20. The maximum Gasteiger partial charge on any atom is 0.140 e. The summed E-state index contributed by atoms with van der Waals surface area (Å²) in [4.78, 5) is 4.52. The van der Waals surface area contributed by atoms with Crippen LogP contribution in [0.3, 0.4) is 0 Å². The van der Waals surface area contributed by atoms with E-state index in [1.165, 1.54) is 14.7 Å². The Kier molecular flexibility index (Phi) is 4.39. The third-order valence-electron chi connectivity index (χ3n) is 3.58. The number of imidazole rings is 1. The lowest BCUT2D eigenvalue weighted by atomic mass is 10.1. The minimum atomic E-state index is 0.852. The van der Waals surface area contributed by atoms with E-state index in [1.807, 2.05) is 12.4 Å². The number of benzene rings is 2. The van der Waals surface area contributed by atoms with E-state index in [0.717, 1.165) is 24.4 Å². The first-order valence-electron chi connectivity index (χ1n) is 7.11. The molecule has 0 saturated heterocycles. The molecule has 0 aliphatic rings. The first kappa shape index (κ1) is 14.3. The second kappa shape index (κ2) is 6.43. The number of hydrogen-bond donors (Lipinski definition) is 0. The van der Waals surface area contributed by atoms with Crippen molar-refractivity contribution in [3.63, 3.8) is 0 Å². The van der Waals surface area contributed by atoms with Crippen molar-refractivity contribution in [1.29, 1.82) is 0 Å². The van der Waals surface area contributed by atoms with E-state index in [4.69, 9.17) is 0 Å². The van der Waals surface area contributed by atoms with Gasteiger partial charge in [-0.25, -0.2) is 4.98 Å². The maximum atomic E-state index is 4.52. The molecule has 0 unspecified atom stereocenters. The van der Waals surface area contributed by atoms with Crippen molar-refractivity contribution in [2.45, 2.75) is 19.9 Å². The summed E-state index contributed by atoms with van der Waals surface area (Å²) < 4.78 is 3.43. The van der Waals surface area contributed by atoms with Gasteiger partial charge in [-0.15, -0.1) is 0 Å². The molecule has 1 heterocycles. The van der Waals surface area contributed by atoms with Crippen LogP contribution >= 0.6 is 22.6 Å². The predicted octanol–water partition coefficient (Wildman–Crippen LogP) is 4.77. The van der Waals surface area contributed by atoms with Crippen LogP contribution in [0.5, 0.6) is 0 Å². The Labute approximate surface area is 139 Å². The van der Waals surface area contributed by atoms with Crippen LogP contribution in [-0.2, 0) is 13.0 Å². The van der Waals surface area contributed by atoms with Gasteiger partial charge >= 0.3 is 0 Å². The van der Waals surface area contributed by atoms with Crippen LogP contribution in [0.4, 0.5) is 0 Å². The Balaban J connectivity index is 1.88. The van der Waals surface area contributed by atoms with Gasteiger partial charge in [-0.2, -0.15) is 0 Å². The van der Waals surface area contributed by atoms with Crippen LogP contribution in [0.1, 0.15) is 18.1 Å². The quantitative estimate of drug-likeness (QED) is 0.589. The molecule has 0 saturated carbocycles. The molecular formula is C18H17IN2. The summed E-state index contributed by atoms with van der Waals surface area (Å²) in [5, 5.41) is 0. The Morgan fingerprint density at radius 2 is 1.81 bits per heavy atom.